The van der Waals surface area contributed by atoms with Gasteiger partial charge in [-0.1, -0.05) is 53.5 Å². The van der Waals surface area contributed by atoms with Crippen LogP contribution in [0.4, 0.5) is 10.1 Å². The molecular weight excluding hydrogens is 430 g/mol. The van der Waals surface area contributed by atoms with Crippen molar-refractivity contribution in [3.8, 4) is 17.0 Å². The highest BCUT2D eigenvalue weighted by Crippen LogP contribution is 2.36. The van der Waals surface area contributed by atoms with Gasteiger partial charge in [-0.2, -0.15) is 0 Å². The van der Waals surface area contributed by atoms with E-state index in [-0.39, 0.29) is 51.5 Å². The number of nitrogen functional groups attached to an aromatic ring is 1. The Kier molecular flexibility index (Phi) is 7.13. The maximum atomic E-state index is 14.8. The van der Waals surface area contributed by atoms with Crippen LogP contribution in [0.15, 0.2) is 48.5 Å². The van der Waals surface area contributed by atoms with Crippen molar-refractivity contribution in [3.05, 3.63) is 75.7 Å². The number of aryl methyl sites for hydroxylation is 1. The third kappa shape index (κ3) is 5.01. The minimum atomic E-state index is -0.676. The van der Waals surface area contributed by atoms with E-state index in [1.165, 1.54) is 25.3 Å². The number of rotatable bonds is 7. The monoisotopic (exact) mass is 448 g/mol. The number of hydrogen-bond donors (Lipinski definition) is 1. The van der Waals surface area contributed by atoms with Crippen LogP contribution in [-0.2, 0) is 22.6 Å². The van der Waals surface area contributed by atoms with E-state index in [1.54, 1.807) is 0 Å². The molecule has 1 aromatic heterocycles. The zero-order chi connectivity index (χ0) is 21.7. The smallest absolute Gasteiger partial charge is 0.306 e. The molecule has 3 rings (SSSR count). The molecule has 2 aromatic carbocycles. The van der Waals surface area contributed by atoms with E-state index in [9.17, 15) is 9.18 Å². The minimum absolute atomic E-state index is 0.0987. The van der Waals surface area contributed by atoms with Crippen molar-refractivity contribution in [2.24, 2.45) is 0 Å². The van der Waals surface area contributed by atoms with E-state index in [4.69, 9.17) is 38.4 Å². The molecule has 5 nitrogen and oxygen atoms in total. The number of esters is 1. The molecule has 0 amide bonds. The summed E-state index contributed by atoms with van der Waals surface area (Å²) in [4.78, 5) is 16.4. The molecule has 156 valence electrons. The molecule has 0 aliphatic carbocycles. The summed E-state index contributed by atoms with van der Waals surface area (Å²) < 4.78 is 25.0. The maximum absolute atomic E-state index is 14.8. The number of halogens is 3. The van der Waals surface area contributed by atoms with Gasteiger partial charge >= 0.3 is 5.97 Å². The Labute approximate surface area is 183 Å². The van der Waals surface area contributed by atoms with Gasteiger partial charge in [0, 0.05) is 12.0 Å². The average Bonchev–Trinajstić information content (AvgIpc) is 2.74. The summed E-state index contributed by atoms with van der Waals surface area (Å²) in [6.45, 7) is -0.184. The van der Waals surface area contributed by atoms with Crippen LogP contribution in [0, 0.1) is 5.82 Å². The first-order valence-corrected chi connectivity index (χ1v) is 9.83. The molecule has 0 unspecified atom stereocenters. The lowest BCUT2D eigenvalue weighted by molar-refractivity contribution is -0.145. The molecule has 8 heteroatoms. The molecule has 0 saturated carbocycles. The Hall–Kier alpha value is -2.83. The molecule has 3 aromatic rings. The van der Waals surface area contributed by atoms with Gasteiger partial charge in [0.2, 0.25) is 0 Å². The summed E-state index contributed by atoms with van der Waals surface area (Å²) in [6, 6.07) is 14.0. The van der Waals surface area contributed by atoms with Gasteiger partial charge in [0.05, 0.1) is 34.2 Å². The molecule has 0 bridgehead atoms. The fourth-order valence-electron chi connectivity index (χ4n) is 2.87. The number of carbonyl (C=O) groups is 1. The third-order valence-electron chi connectivity index (χ3n) is 4.41. The van der Waals surface area contributed by atoms with Gasteiger partial charge in [0.25, 0.3) is 0 Å². The van der Waals surface area contributed by atoms with Crippen LogP contribution < -0.4 is 10.5 Å². The maximum Gasteiger partial charge on any atom is 0.306 e. The van der Waals surface area contributed by atoms with Crippen LogP contribution >= 0.6 is 23.2 Å². The highest BCUT2D eigenvalue weighted by atomic mass is 35.5. The molecule has 2 N–H and O–H groups in total. The van der Waals surface area contributed by atoms with Crippen molar-refractivity contribution in [2.45, 2.75) is 19.4 Å². The number of nitrogens with zero attached hydrogens (tertiary/aromatic N) is 1. The van der Waals surface area contributed by atoms with Gasteiger partial charge in [-0.25, -0.2) is 9.37 Å². The van der Waals surface area contributed by atoms with Crippen molar-refractivity contribution in [3.63, 3.8) is 0 Å². The molecule has 0 atom stereocenters. The number of aromatic nitrogens is 1. The standard InChI is InChI=1S/C22H19Cl2FN2O3/c1-29-22-15(23)9-8-14(21(22)25)17-11-16(26)20(24)18(27-17)12-30-19(28)10-7-13-5-3-2-4-6-13/h2-6,8-9,11H,7,10,12H2,1H3,(H2,26,27). The molecule has 30 heavy (non-hydrogen) atoms. The quantitative estimate of drug-likeness (QED) is 0.485. The minimum Gasteiger partial charge on any atom is -0.492 e. The molecule has 0 radical (unpaired) electrons. The number of anilines is 1. The van der Waals surface area contributed by atoms with Crippen LogP contribution in [-0.4, -0.2) is 18.1 Å². The first kappa shape index (κ1) is 21.9. The van der Waals surface area contributed by atoms with Crippen LogP contribution in [0.25, 0.3) is 11.3 Å². The predicted molar refractivity (Wildman–Crippen MR) is 115 cm³/mol. The molecular formula is C22H19Cl2FN2O3. The number of ether oxygens (including phenoxy) is 2. The van der Waals surface area contributed by atoms with E-state index in [2.05, 4.69) is 4.98 Å². The number of methoxy groups -OCH3 is 1. The summed E-state index contributed by atoms with van der Waals surface area (Å²) in [5, 5.41) is 0.282. The molecule has 0 fully saturated rings. The summed E-state index contributed by atoms with van der Waals surface area (Å²) in [6.07, 6.45) is 0.763. The highest BCUT2D eigenvalue weighted by Gasteiger charge is 2.18. The summed E-state index contributed by atoms with van der Waals surface area (Å²) in [5.41, 5.74) is 7.76. The van der Waals surface area contributed by atoms with Crippen molar-refractivity contribution in [1.82, 2.24) is 4.98 Å². The average molecular weight is 449 g/mol. The molecule has 0 aliphatic rings. The van der Waals surface area contributed by atoms with E-state index in [0.29, 0.717) is 6.42 Å². The number of nitrogens with two attached hydrogens (primary N) is 1. The summed E-state index contributed by atoms with van der Waals surface area (Å²) in [5.74, 6) is -1.18. The zero-order valence-electron chi connectivity index (χ0n) is 16.1. The second-order valence-corrected chi connectivity index (χ2v) is 7.23. The highest BCUT2D eigenvalue weighted by molar-refractivity contribution is 6.33. The van der Waals surface area contributed by atoms with Crippen molar-refractivity contribution < 1.29 is 18.7 Å². The number of pyridine rings is 1. The largest absolute Gasteiger partial charge is 0.492 e. The van der Waals surface area contributed by atoms with Crippen LogP contribution in [0.3, 0.4) is 0 Å². The van der Waals surface area contributed by atoms with Crippen LogP contribution in [0.1, 0.15) is 17.7 Å². The lowest BCUT2D eigenvalue weighted by atomic mass is 10.1. The van der Waals surface area contributed by atoms with Crippen molar-refractivity contribution in [1.29, 1.82) is 0 Å². The Bertz CT molecular complexity index is 1060. The Morgan fingerprint density at radius 3 is 2.60 bits per heavy atom. The van der Waals surface area contributed by atoms with Gasteiger partial charge in [0.15, 0.2) is 11.6 Å². The zero-order valence-corrected chi connectivity index (χ0v) is 17.6. The fraction of sp³-hybridized carbons (Fsp3) is 0.182. The predicted octanol–water partition coefficient (Wildman–Crippen LogP) is 5.46. The molecule has 0 saturated heterocycles. The van der Waals surface area contributed by atoms with E-state index in [1.807, 2.05) is 30.3 Å². The third-order valence-corrected chi connectivity index (χ3v) is 5.15. The lowest BCUT2D eigenvalue weighted by Crippen LogP contribution is -2.08. The SMILES string of the molecule is COc1c(Cl)ccc(-c2cc(N)c(Cl)c(COC(=O)CCc3ccccc3)n2)c1F. The Morgan fingerprint density at radius 2 is 1.90 bits per heavy atom. The van der Waals surface area contributed by atoms with Crippen molar-refractivity contribution >= 4 is 34.9 Å². The number of hydrogen-bond acceptors (Lipinski definition) is 5. The summed E-state index contributed by atoms with van der Waals surface area (Å²) >= 11 is 12.2. The molecule has 1 heterocycles. The van der Waals surface area contributed by atoms with Gasteiger partial charge in [-0.3, -0.25) is 4.79 Å². The van der Waals surface area contributed by atoms with Crippen molar-refractivity contribution in [2.75, 3.05) is 12.8 Å². The Balaban J connectivity index is 1.76. The van der Waals surface area contributed by atoms with E-state index >= 15 is 0 Å². The topological polar surface area (TPSA) is 74.4 Å². The van der Waals surface area contributed by atoms with Gasteiger partial charge in [-0.05, 0) is 30.2 Å². The first-order valence-electron chi connectivity index (χ1n) is 9.07. The lowest BCUT2D eigenvalue weighted by Gasteiger charge is -2.13. The second kappa shape index (κ2) is 9.78. The number of benzene rings is 2. The summed E-state index contributed by atoms with van der Waals surface area (Å²) in [7, 11) is 1.32. The van der Waals surface area contributed by atoms with E-state index < -0.39 is 11.8 Å². The van der Waals surface area contributed by atoms with E-state index in [0.717, 1.165) is 5.56 Å². The number of carbonyl (C=O) groups excluding carboxylic acids is 1. The van der Waals surface area contributed by atoms with Gasteiger partial charge in [-0.15, -0.1) is 0 Å². The van der Waals surface area contributed by atoms with Gasteiger partial charge in [0.1, 0.15) is 6.61 Å². The first-order chi connectivity index (χ1) is 14.4. The van der Waals surface area contributed by atoms with Crippen LogP contribution in [0.2, 0.25) is 10.0 Å². The second-order valence-electron chi connectivity index (χ2n) is 6.45. The van der Waals surface area contributed by atoms with Gasteiger partial charge < -0.3 is 15.2 Å². The Morgan fingerprint density at radius 1 is 1.17 bits per heavy atom. The fourth-order valence-corrected chi connectivity index (χ4v) is 3.24. The molecule has 0 spiro atoms. The molecule has 0 aliphatic heterocycles. The van der Waals surface area contributed by atoms with Crippen LogP contribution in [0.5, 0.6) is 5.75 Å². The normalized spacial score (nSPS) is 10.7.